The van der Waals surface area contributed by atoms with E-state index in [9.17, 15) is 45.3 Å². The Bertz CT molecular complexity index is 1270. The molecule has 0 bridgehead atoms. The van der Waals surface area contributed by atoms with E-state index in [0.717, 1.165) is 6.07 Å². The lowest BCUT2D eigenvalue weighted by molar-refractivity contribution is -0.694. The molecule has 11 N–H and O–H groups in total. The summed E-state index contributed by atoms with van der Waals surface area (Å²) in [5, 5.41) is 73.7. The van der Waals surface area contributed by atoms with Crippen LogP contribution in [-0.2, 0) is 28.5 Å². The zero-order valence-corrected chi connectivity index (χ0v) is 23.5. The molecule has 5 unspecified atom stereocenters. The normalized spacial score (nSPS) is 32.9. The van der Waals surface area contributed by atoms with Crippen molar-refractivity contribution in [2.75, 3.05) is 26.0 Å². The molecule has 2 aliphatic heterocycles. The first-order valence-corrected chi connectivity index (χ1v) is 13.7. The van der Waals surface area contributed by atoms with Gasteiger partial charge in [-0.2, -0.15) is 0 Å². The number of aromatic hydroxyl groups is 1. The van der Waals surface area contributed by atoms with Crippen molar-refractivity contribution < 1.29 is 74.3 Å². The fourth-order valence-electron chi connectivity index (χ4n) is 5.04. The van der Waals surface area contributed by atoms with E-state index in [1.54, 1.807) is 30.6 Å². The third-order valence-corrected chi connectivity index (χ3v) is 7.53. The monoisotopic (exact) mass is 625 g/mol. The van der Waals surface area contributed by atoms with Gasteiger partial charge in [0, 0.05) is 11.3 Å². The predicted octanol–water partition coefficient (Wildman–Crippen LogP) is -3.55. The number of anilines is 1. The molecule has 2 aromatic rings. The van der Waals surface area contributed by atoms with Gasteiger partial charge in [0.2, 0.25) is 6.29 Å². The highest BCUT2D eigenvalue weighted by Crippen LogP contribution is 2.30. The smallest absolute Gasteiger partial charge is 0.345 e. The summed E-state index contributed by atoms with van der Waals surface area (Å²) < 4.78 is 27.1. The minimum Gasteiger partial charge on any atom is -0.507 e. The van der Waals surface area contributed by atoms with Crippen LogP contribution < -0.4 is 11.1 Å². The number of nitrogens with two attached hydrogens (primary N) is 2. The molecule has 16 nitrogen and oxygen atoms in total. The van der Waals surface area contributed by atoms with Gasteiger partial charge in [0.25, 0.3) is 6.29 Å². The minimum atomic E-state index is -2.01. The van der Waals surface area contributed by atoms with Gasteiger partial charge in [0.1, 0.15) is 41.8 Å². The van der Waals surface area contributed by atoms with Gasteiger partial charge in [-0.25, -0.2) is 9.59 Å². The summed E-state index contributed by atoms with van der Waals surface area (Å²) in [5.74, 6) is -3.71. The Morgan fingerprint density at radius 2 is 1.66 bits per heavy atom. The quantitative estimate of drug-likeness (QED) is 0.0535. The van der Waals surface area contributed by atoms with Crippen molar-refractivity contribution in [3.8, 4) is 5.75 Å². The zero-order chi connectivity index (χ0) is 32.1. The maximum absolute atomic E-state index is 13.3. The number of aliphatic hydroxyl groups is 6. The number of ether oxygens (including phenoxy) is 5. The molecule has 0 aromatic heterocycles. The molecular formula is C28H37N2O14+. The third-order valence-electron chi connectivity index (χ3n) is 7.53. The molecule has 0 aliphatic carbocycles. The first kappa shape index (κ1) is 33.5. The first-order valence-electron chi connectivity index (χ1n) is 13.7. The molecule has 11 atom stereocenters. The van der Waals surface area contributed by atoms with Gasteiger partial charge in [-0.1, -0.05) is 30.3 Å². The number of carbonyl (C=O) groups is 2. The van der Waals surface area contributed by atoms with Gasteiger partial charge in [-0.05, 0) is 18.2 Å². The first-order chi connectivity index (χ1) is 21.0. The molecule has 0 spiro atoms. The molecule has 0 saturated carbocycles. The van der Waals surface area contributed by atoms with Gasteiger partial charge in [-0.15, -0.1) is 0 Å². The van der Waals surface area contributed by atoms with E-state index in [-0.39, 0.29) is 16.8 Å². The fraction of sp³-hybridized carbons (Fsp3) is 0.500. The lowest BCUT2D eigenvalue weighted by Gasteiger charge is -2.42. The molecule has 242 valence electrons. The second-order valence-electron chi connectivity index (χ2n) is 10.4. The highest BCUT2D eigenvalue weighted by Gasteiger charge is 2.51. The maximum Gasteiger partial charge on any atom is 0.345 e. The number of phenolic OH excluding ortho intramolecular Hbond substituents is 1. The van der Waals surface area contributed by atoms with Crippen molar-refractivity contribution in [2.24, 2.45) is 5.92 Å². The van der Waals surface area contributed by atoms with E-state index in [1.165, 1.54) is 24.3 Å². The summed E-state index contributed by atoms with van der Waals surface area (Å²) in [4.78, 5) is 26.2. The van der Waals surface area contributed by atoms with Gasteiger partial charge >= 0.3 is 11.9 Å². The fourth-order valence-corrected chi connectivity index (χ4v) is 5.04. The van der Waals surface area contributed by atoms with Crippen LogP contribution in [0.15, 0.2) is 48.5 Å². The summed E-state index contributed by atoms with van der Waals surface area (Å²) in [6.45, 7) is -0.996. The zero-order valence-electron chi connectivity index (χ0n) is 23.5. The second-order valence-corrected chi connectivity index (χ2v) is 10.4. The van der Waals surface area contributed by atoms with Crippen LogP contribution in [0.2, 0.25) is 0 Å². The molecule has 2 fully saturated rings. The Labute approximate surface area is 251 Å². The van der Waals surface area contributed by atoms with Crippen LogP contribution in [0.4, 0.5) is 5.69 Å². The van der Waals surface area contributed by atoms with Crippen LogP contribution in [0.5, 0.6) is 5.75 Å². The van der Waals surface area contributed by atoms with Crippen molar-refractivity contribution in [3.63, 3.8) is 0 Å². The van der Waals surface area contributed by atoms with Crippen LogP contribution in [-0.4, -0.2) is 123 Å². The summed E-state index contributed by atoms with van der Waals surface area (Å²) in [7, 11) is 1.61. The van der Waals surface area contributed by atoms with Gasteiger partial charge < -0.3 is 70.5 Å². The largest absolute Gasteiger partial charge is 0.507 e. The molecular weight excluding hydrogens is 588 g/mol. The van der Waals surface area contributed by atoms with E-state index in [4.69, 9.17) is 29.4 Å². The van der Waals surface area contributed by atoms with Gasteiger partial charge in [-0.3, -0.25) is 0 Å². The maximum atomic E-state index is 13.3. The van der Waals surface area contributed by atoms with E-state index in [2.05, 4.69) is 0 Å². The number of phenols is 1. The van der Waals surface area contributed by atoms with Crippen LogP contribution in [0, 0.1) is 5.92 Å². The van der Waals surface area contributed by atoms with E-state index >= 15 is 0 Å². The number of nitrogen functional groups attached to an aromatic ring is 1. The number of rotatable bonds is 10. The molecule has 16 heteroatoms. The SMILES string of the molecule is C[NH2+]C1[C@H](O)OC(CO)[C@H](O)[C@@H]1CO[C@@H]1OC(C(=O)OC(OC(=O)c2cc(N)ccc2O)c2ccccc2)[C@H](O)[C@H](O)C1O. The topological polar surface area (TPSA) is 265 Å². The van der Waals surface area contributed by atoms with Crippen LogP contribution in [0.25, 0.3) is 0 Å². The van der Waals surface area contributed by atoms with Crippen molar-refractivity contribution in [2.45, 2.75) is 61.5 Å². The lowest BCUT2D eigenvalue weighted by Crippen LogP contribution is -2.93. The standard InChI is InChI=1S/C28H36N2O14/c1-30-18-15(19(33)17(10-31)41-25(18)38)11-40-28-22(36)20(34)21(35)23(42-28)26(39)44-27(12-5-3-2-4-6-12)43-24(37)14-9-13(29)7-8-16(14)32/h2-9,15,17-23,25,27-28,30-36,38H,10-11,29H2,1H3/p+1/t15-,17?,18?,19-,20+,21-,22?,23?,25-,27?,28-/m1/s1. The molecule has 2 aliphatic rings. The average Bonchev–Trinajstić information content (AvgIpc) is 3.01. The molecule has 2 saturated heterocycles. The highest BCUT2D eigenvalue weighted by molar-refractivity contribution is 5.93. The minimum absolute atomic E-state index is 0.151. The molecule has 4 rings (SSSR count). The number of quaternary nitrogens is 1. The van der Waals surface area contributed by atoms with Gasteiger partial charge in [0.05, 0.1) is 32.3 Å². The predicted molar refractivity (Wildman–Crippen MR) is 145 cm³/mol. The lowest BCUT2D eigenvalue weighted by atomic mass is 9.88. The summed E-state index contributed by atoms with van der Waals surface area (Å²) in [6.07, 6.45) is -15.0. The number of esters is 2. The van der Waals surface area contributed by atoms with Crippen molar-refractivity contribution >= 4 is 17.6 Å². The average molecular weight is 626 g/mol. The summed E-state index contributed by atoms with van der Waals surface area (Å²) >= 11 is 0. The van der Waals surface area contributed by atoms with Gasteiger partial charge in [0.15, 0.2) is 12.4 Å². The van der Waals surface area contributed by atoms with Crippen molar-refractivity contribution in [3.05, 3.63) is 59.7 Å². The molecule has 0 radical (unpaired) electrons. The number of hydrogen-bond donors (Lipinski definition) is 9. The second kappa shape index (κ2) is 14.6. The molecule has 44 heavy (non-hydrogen) atoms. The van der Waals surface area contributed by atoms with Crippen LogP contribution in [0.3, 0.4) is 0 Å². The van der Waals surface area contributed by atoms with Crippen molar-refractivity contribution in [1.82, 2.24) is 0 Å². The van der Waals surface area contributed by atoms with Crippen LogP contribution in [0.1, 0.15) is 22.2 Å². The van der Waals surface area contributed by atoms with E-state index in [0.29, 0.717) is 0 Å². The molecule has 2 aromatic carbocycles. The van der Waals surface area contributed by atoms with Crippen molar-refractivity contribution in [1.29, 1.82) is 0 Å². The number of benzene rings is 2. The highest BCUT2D eigenvalue weighted by atomic mass is 16.7. The van der Waals surface area contributed by atoms with E-state index in [1.807, 2.05) is 0 Å². The Morgan fingerprint density at radius 3 is 2.32 bits per heavy atom. The Morgan fingerprint density at radius 1 is 0.955 bits per heavy atom. The number of likely N-dealkylation sites (N-methyl/N-ethyl adjacent to an activating group) is 1. The Balaban J connectivity index is 1.50. The van der Waals surface area contributed by atoms with Crippen LogP contribution >= 0.6 is 0 Å². The molecule has 0 amide bonds. The number of hydrogen-bond acceptors (Lipinski definition) is 15. The Hall–Kier alpha value is -3.42. The Kier molecular flexibility index (Phi) is 11.1. The summed E-state index contributed by atoms with van der Waals surface area (Å²) in [5.41, 5.74) is 5.73. The number of aliphatic hydroxyl groups excluding tert-OH is 6. The third kappa shape index (κ3) is 7.27. The summed E-state index contributed by atoms with van der Waals surface area (Å²) in [6, 6.07) is 10.7. The molecule has 2 heterocycles. The van der Waals surface area contributed by atoms with E-state index < -0.39 is 98.4 Å². The number of carbonyl (C=O) groups excluding carboxylic acids is 2.